The number of likely N-dealkylation sites (tertiary alicyclic amines) is 1. The topological polar surface area (TPSA) is 59.2 Å². The van der Waals surface area contributed by atoms with Gasteiger partial charge in [0.25, 0.3) is 5.78 Å². The maximum atomic E-state index is 4.55. The van der Waals surface area contributed by atoms with E-state index in [1.165, 1.54) is 25.0 Å². The molecule has 4 rings (SSSR count). The SMILES string of the molecule is c1ccc(CCC2CCCCN2Cc2nc3ncccn3n2)nc1. The largest absolute Gasteiger partial charge is 0.293 e. The first-order valence-corrected chi connectivity index (χ1v) is 8.69. The molecule has 6 nitrogen and oxygen atoms in total. The number of hydrogen-bond donors (Lipinski definition) is 0. The molecule has 24 heavy (non-hydrogen) atoms. The smallest absolute Gasteiger partial charge is 0.252 e. The normalized spacial score (nSPS) is 18.9. The minimum Gasteiger partial charge on any atom is -0.293 e. The Hall–Kier alpha value is -2.34. The Morgan fingerprint density at radius 1 is 1.08 bits per heavy atom. The van der Waals surface area contributed by atoms with Gasteiger partial charge in [-0.3, -0.25) is 9.88 Å². The van der Waals surface area contributed by atoms with E-state index in [-0.39, 0.29) is 0 Å². The third-order valence-electron chi connectivity index (χ3n) is 4.71. The number of hydrogen-bond acceptors (Lipinski definition) is 5. The predicted octanol–water partition coefficient (Wildman–Crippen LogP) is 2.51. The van der Waals surface area contributed by atoms with Crippen LogP contribution in [0.15, 0.2) is 42.9 Å². The third kappa shape index (κ3) is 3.43. The summed E-state index contributed by atoms with van der Waals surface area (Å²) in [6.45, 7) is 1.92. The maximum absolute atomic E-state index is 4.55. The van der Waals surface area contributed by atoms with Crippen molar-refractivity contribution in [1.82, 2.24) is 29.5 Å². The molecule has 4 heterocycles. The van der Waals surface area contributed by atoms with Gasteiger partial charge in [-0.05, 0) is 50.4 Å². The number of aryl methyl sites for hydroxylation is 1. The van der Waals surface area contributed by atoms with Crippen molar-refractivity contribution in [2.75, 3.05) is 6.54 Å². The van der Waals surface area contributed by atoms with E-state index in [2.05, 4.69) is 37.1 Å². The van der Waals surface area contributed by atoms with Gasteiger partial charge in [0.1, 0.15) is 0 Å². The maximum Gasteiger partial charge on any atom is 0.252 e. The van der Waals surface area contributed by atoms with Gasteiger partial charge >= 0.3 is 0 Å². The number of aromatic nitrogens is 5. The van der Waals surface area contributed by atoms with Crippen molar-refractivity contribution in [3.8, 4) is 0 Å². The fourth-order valence-electron chi connectivity index (χ4n) is 3.48. The highest BCUT2D eigenvalue weighted by Gasteiger charge is 2.23. The Morgan fingerprint density at radius 3 is 2.92 bits per heavy atom. The average molecular weight is 322 g/mol. The summed E-state index contributed by atoms with van der Waals surface area (Å²) < 4.78 is 1.75. The number of fused-ring (bicyclic) bond motifs is 1. The third-order valence-corrected chi connectivity index (χ3v) is 4.71. The molecule has 1 unspecified atom stereocenters. The molecule has 0 aliphatic carbocycles. The highest BCUT2D eigenvalue weighted by molar-refractivity contribution is 5.24. The second kappa shape index (κ2) is 7.05. The van der Waals surface area contributed by atoms with Crippen molar-refractivity contribution >= 4 is 5.78 Å². The number of piperidine rings is 1. The first-order chi connectivity index (χ1) is 11.9. The molecule has 0 aromatic carbocycles. The molecular weight excluding hydrogens is 300 g/mol. The molecule has 1 atom stereocenters. The van der Waals surface area contributed by atoms with Gasteiger partial charge in [0.15, 0.2) is 5.82 Å². The van der Waals surface area contributed by atoms with E-state index < -0.39 is 0 Å². The summed E-state index contributed by atoms with van der Waals surface area (Å²) in [5.41, 5.74) is 1.18. The zero-order valence-corrected chi connectivity index (χ0v) is 13.8. The van der Waals surface area contributed by atoms with Crippen molar-refractivity contribution in [1.29, 1.82) is 0 Å². The molecule has 3 aromatic rings. The Morgan fingerprint density at radius 2 is 2.04 bits per heavy atom. The van der Waals surface area contributed by atoms with Crippen LogP contribution in [0.4, 0.5) is 0 Å². The molecule has 0 N–H and O–H groups in total. The Labute approximate surface area is 141 Å². The van der Waals surface area contributed by atoms with Crippen molar-refractivity contribution in [2.24, 2.45) is 0 Å². The molecule has 1 saturated heterocycles. The van der Waals surface area contributed by atoms with Crippen LogP contribution in [-0.2, 0) is 13.0 Å². The van der Waals surface area contributed by atoms with Crippen LogP contribution in [0.25, 0.3) is 5.78 Å². The van der Waals surface area contributed by atoms with E-state index in [0.717, 1.165) is 31.8 Å². The molecular formula is C18H22N6. The fourth-order valence-corrected chi connectivity index (χ4v) is 3.48. The van der Waals surface area contributed by atoms with Crippen LogP contribution >= 0.6 is 0 Å². The van der Waals surface area contributed by atoms with Crippen molar-refractivity contribution in [2.45, 2.75) is 44.7 Å². The van der Waals surface area contributed by atoms with Gasteiger partial charge in [-0.1, -0.05) is 12.5 Å². The second-order valence-corrected chi connectivity index (χ2v) is 6.37. The van der Waals surface area contributed by atoms with E-state index in [1.54, 1.807) is 10.7 Å². The quantitative estimate of drug-likeness (QED) is 0.722. The summed E-state index contributed by atoms with van der Waals surface area (Å²) in [5.74, 6) is 1.54. The minimum atomic E-state index is 0.584. The van der Waals surface area contributed by atoms with Crippen LogP contribution in [0.1, 0.15) is 37.2 Å². The van der Waals surface area contributed by atoms with Gasteiger partial charge in [0, 0.05) is 30.3 Å². The summed E-state index contributed by atoms with van der Waals surface area (Å²) in [6.07, 6.45) is 11.5. The summed E-state index contributed by atoms with van der Waals surface area (Å²) >= 11 is 0. The van der Waals surface area contributed by atoms with Gasteiger partial charge in [0.05, 0.1) is 6.54 Å². The van der Waals surface area contributed by atoms with Crippen LogP contribution in [-0.4, -0.2) is 42.1 Å². The van der Waals surface area contributed by atoms with E-state index in [4.69, 9.17) is 0 Å². The predicted molar refractivity (Wildman–Crippen MR) is 91.4 cm³/mol. The first kappa shape index (κ1) is 15.2. The van der Waals surface area contributed by atoms with Crippen molar-refractivity contribution in [3.63, 3.8) is 0 Å². The molecule has 0 radical (unpaired) electrons. The zero-order chi connectivity index (χ0) is 16.2. The van der Waals surface area contributed by atoms with Crippen LogP contribution < -0.4 is 0 Å². The summed E-state index contributed by atoms with van der Waals surface area (Å²) in [4.78, 5) is 15.8. The Balaban J connectivity index is 1.43. The molecule has 0 bridgehead atoms. The molecule has 6 heteroatoms. The summed E-state index contributed by atoms with van der Waals surface area (Å²) in [7, 11) is 0. The lowest BCUT2D eigenvalue weighted by Gasteiger charge is -2.35. The monoisotopic (exact) mass is 322 g/mol. The second-order valence-electron chi connectivity index (χ2n) is 6.37. The van der Waals surface area contributed by atoms with Crippen LogP contribution in [0.2, 0.25) is 0 Å². The zero-order valence-electron chi connectivity index (χ0n) is 13.8. The molecule has 3 aromatic heterocycles. The summed E-state index contributed by atoms with van der Waals surface area (Å²) in [5, 5.41) is 4.55. The van der Waals surface area contributed by atoms with Crippen LogP contribution in [0.5, 0.6) is 0 Å². The lowest BCUT2D eigenvalue weighted by atomic mass is 9.97. The Bertz CT molecular complexity index is 751. The molecule has 0 amide bonds. The molecule has 0 saturated carbocycles. The van der Waals surface area contributed by atoms with Gasteiger partial charge in [-0.15, -0.1) is 5.10 Å². The van der Waals surface area contributed by atoms with Crippen molar-refractivity contribution in [3.05, 3.63) is 54.4 Å². The standard InChI is InChI=1S/C18H22N6/c1-3-10-19-15(6-1)8-9-16-7-2-4-12-23(16)14-17-21-18-20-11-5-13-24(18)22-17/h1,3,5-6,10-11,13,16H,2,4,7-9,12,14H2. The minimum absolute atomic E-state index is 0.584. The number of pyridine rings is 1. The van der Waals surface area contributed by atoms with Gasteiger partial charge in [0.2, 0.25) is 0 Å². The lowest BCUT2D eigenvalue weighted by molar-refractivity contribution is 0.129. The fraction of sp³-hybridized carbons (Fsp3) is 0.444. The van der Waals surface area contributed by atoms with E-state index in [0.29, 0.717) is 11.8 Å². The number of rotatable bonds is 5. The highest BCUT2D eigenvalue weighted by Crippen LogP contribution is 2.22. The molecule has 1 aliphatic rings. The Kier molecular flexibility index (Phi) is 4.46. The molecule has 0 spiro atoms. The van der Waals surface area contributed by atoms with Gasteiger partial charge in [-0.25, -0.2) is 9.50 Å². The highest BCUT2D eigenvalue weighted by atomic mass is 15.3. The number of nitrogens with zero attached hydrogens (tertiary/aromatic N) is 6. The summed E-state index contributed by atoms with van der Waals surface area (Å²) in [6, 6.07) is 8.61. The van der Waals surface area contributed by atoms with E-state index >= 15 is 0 Å². The van der Waals surface area contributed by atoms with E-state index in [1.807, 2.05) is 24.5 Å². The molecule has 1 fully saturated rings. The lowest BCUT2D eigenvalue weighted by Crippen LogP contribution is -2.39. The first-order valence-electron chi connectivity index (χ1n) is 8.69. The van der Waals surface area contributed by atoms with Gasteiger partial charge in [-0.2, -0.15) is 4.98 Å². The van der Waals surface area contributed by atoms with Crippen LogP contribution in [0, 0.1) is 0 Å². The molecule has 1 aliphatic heterocycles. The molecule has 124 valence electrons. The van der Waals surface area contributed by atoms with E-state index in [9.17, 15) is 0 Å². The van der Waals surface area contributed by atoms with Crippen LogP contribution in [0.3, 0.4) is 0 Å². The van der Waals surface area contributed by atoms with Gasteiger partial charge < -0.3 is 0 Å². The van der Waals surface area contributed by atoms with Crippen molar-refractivity contribution < 1.29 is 0 Å². The average Bonchev–Trinajstić information content (AvgIpc) is 3.04.